The lowest BCUT2D eigenvalue weighted by atomic mass is 9.76. The molecule has 8 nitrogen and oxygen atoms in total. The van der Waals surface area contributed by atoms with Gasteiger partial charge >= 0.3 is 0 Å². The maximum atomic E-state index is 13.9. The number of hydrogen-bond acceptors (Lipinski definition) is 8. The van der Waals surface area contributed by atoms with E-state index in [1.807, 2.05) is 0 Å². The van der Waals surface area contributed by atoms with Crippen LogP contribution in [0.1, 0.15) is 5.56 Å². The van der Waals surface area contributed by atoms with Gasteiger partial charge in [0.1, 0.15) is 41.7 Å². The molecule has 2 N–H and O–H groups in total. The van der Waals surface area contributed by atoms with E-state index in [0.717, 1.165) is 16.8 Å². The molecular formula is C21H19BrF4N4O4S. The van der Waals surface area contributed by atoms with Crippen LogP contribution in [0.15, 0.2) is 41.3 Å². The Kier molecular flexibility index (Phi) is 7.78. The summed E-state index contributed by atoms with van der Waals surface area (Å²) in [5.74, 6) is -4.49. The van der Waals surface area contributed by atoms with Crippen molar-refractivity contribution in [3.63, 3.8) is 0 Å². The van der Waals surface area contributed by atoms with E-state index in [1.165, 1.54) is 18.6 Å². The molecule has 5 atom stereocenters. The minimum absolute atomic E-state index is 0.0654. The van der Waals surface area contributed by atoms with E-state index in [4.69, 9.17) is 9.47 Å². The molecule has 1 aliphatic heterocycles. The van der Waals surface area contributed by atoms with Crippen LogP contribution in [-0.4, -0.2) is 73.8 Å². The van der Waals surface area contributed by atoms with Crippen LogP contribution in [0.4, 0.5) is 17.6 Å². The summed E-state index contributed by atoms with van der Waals surface area (Å²) < 4.78 is 67.3. The molecule has 0 radical (unpaired) electrons. The molecule has 4 rings (SSSR count). The van der Waals surface area contributed by atoms with Crippen LogP contribution in [0.5, 0.6) is 0 Å². The first-order valence-electron chi connectivity index (χ1n) is 10.2. The molecule has 3 heterocycles. The summed E-state index contributed by atoms with van der Waals surface area (Å²) in [6.45, 7) is -1.87. The van der Waals surface area contributed by atoms with Gasteiger partial charge in [0.2, 0.25) is 0 Å². The average Bonchev–Trinajstić information content (AvgIpc) is 3.33. The number of aliphatic hydroxyl groups is 2. The molecule has 0 spiro atoms. The van der Waals surface area contributed by atoms with Crippen LogP contribution < -0.4 is 0 Å². The summed E-state index contributed by atoms with van der Waals surface area (Å²) in [5, 5.41) is 29.4. The molecule has 14 heteroatoms. The van der Waals surface area contributed by atoms with Gasteiger partial charge < -0.3 is 19.7 Å². The van der Waals surface area contributed by atoms with Crippen molar-refractivity contribution in [3.8, 4) is 11.3 Å². The molecule has 0 saturated carbocycles. The smallest absolute Gasteiger partial charge is 0.194 e. The number of alkyl halides is 1. The zero-order chi connectivity index (χ0) is 25.3. The molecule has 1 saturated heterocycles. The van der Waals surface area contributed by atoms with Crippen LogP contribution in [0.3, 0.4) is 0 Å². The summed E-state index contributed by atoms with van der Waals surface area (Å²) in [6.07, 6.45) is 0.189. The molecule has 1 fully saturated rings. The monoisotopic (exact) mass is 578 g/mol. The van der Waals surface area contributed by atoms with E-state index < -0.39 is 60.0 Å². The second kappa shape index (κ2) is 10.5. The Labute approximate surface area is 210 Å². The quantitative estimate of drug-likeness (QED) is 0.225. The second-order valence-electron chi connectivity index (χ2n) is 7.69. The zero-order valence-electron chi connectivity index (χ0n) is 17.7. The number of ether oxygens (including phenoxy) is 2. The normalized spacial score (nSPS) is 26.7. The second-order valence-corrected chi connectivity index (χ2v) is 9.12. The van der Waals surface area contributed by atoms with E-state index in [2.05, 4.69) is 43.9 Å². The fourth-order valence-electron chi connectivity index (χ4n) is 4.16. The topological polar surface area (TPSA) is 103 Å². The van der Waals surface area contributed by atoms with Crippen molar-refractivity contribution < 1.29 is 37.2 Å². The first kappa shape index (κ1) is 26.0. The molecule has 0 aliphatic carbocycles. The fraction of sp³-hybridized carbons (Fsp3) is 0.381. The highest BCUT2D eigenvalue weighted by molar-refractivity contribution is 9.10. The number of hydrogen-bond donors (Lipinski definition) is 3. The van der Waals surface area contributed by atoms with Gasteiger partial charge in [-0.3, -0.25) is 4.98 Å². The largest absolute Gasteiger partial charge is 0.394 e. The molecule has 0 bridgehead atoms. The summed E-state index contributed by atoms with van der Waals surface area (Å²) in [7, 11) is 0. The van der Waals surface area contributed by atoms with Gasteiger partial charge in [0.25, 0.3) is 0 Å². The van der Waals surface area contributed by atoms with Gasteiger partial charge in [0.05, 0.1) is 19.4 Å². The Hall–Kier alpha value is -2.10. The predicted octanol–water partition coefficient (Wildman–Crippen LogP) is 2.63. The number of rotatable bonds is 7. The summed E-state index contributed by atoms with van der Waals surface area (Å²) in [5.41, 5.74) is -2.72. The van der Waals surface area contributed by atoms with E-state index in [9.17, 15) is 27.8 Å². The van der Waals surface area contributed by atoms with Crippen LogP contribution in [0.25, 0.3) is 11.3 Å². The third kappa shape index (κ3) is 4.58. The number of halogens is 5. The Bertz CT molecular complexity index is 1180. The van der Waals surface area contributed by atoms with Gasteiger partial charge in [-0.25, -0.2) is 22.2 Å². The van der Waals surface area contributed by atoms with Gasteiger partial charge in [-0.15, -0.1) is 17.7 Å². The fourth-order valence-corrected chi connectivity index (χ4v) is 5.00. The Morgan fingerprint density at radius 1 is 1.20 bits per heavy atom. The molecule has 35 heavy (non-hydrogen) atoms. The maximum Gasteiger partial charge on any atom is 0.194 e. The van der Waals surface area contributed by atoms with E-state index in [1.54, 1.807) is 6.07 Å². The highest BCUT2D eigenvalue weighted by atomic mass is 79.9. The lowest BCUT2D eigenvalue weighted by Crippen LogP contribution is -2.68. The van der Waals surface area contributed by atoms with Crippen molar-refractivity contribution in [2.45, 2.75) is 29.3 Å². The molecule has 1 aliphatic rings. The minimum Gasteiger partial charge on any atom is -0.394 e. The predicted molar refractivity (Wildman–Crippen MR) is 121 cm³/mol. The highest BCUT2D eigenvalue weighted by Gasteiger charge is 2.59. The highest BCUT2D eigenvalue weighted by Crippen LogP contribution is 2.44. The van der Waals surface area contributed by atoms with Crippen molar-refractivity contribution in [1.29, 1.82) is 0 Å². The van der Waals surface area contributed by atoms with Gasteiger partial charge in [-0.2, -0.15) is 0 Å². The third-order valence-electron chi connectivity index (χ3n) is 5.68. The lowest BCUT2D eigenvalue weighted by molar-refractivity contribution is -0.220. The molecule has 0 unspecified atom stereocenters. The summed E-state index contributed by atoms with van der Waals surface area (Å²) in [6, 6.07) is 3.09. The SMILES string of the molecule is OC[C@@H]1O[C@@H](S)[C@@H](OCCF)[C@](c2cncc(Br)c2)(n2cc(-c3cc(F)c(F)c(F)c3)nn2)[C@@H]1O. The van der Waals surface area contributed by atoms with Crippen LogP contribution in [0.2, 0.25) is 0 Å². The third-order valence-corrected chi connectivity index (χ3v) is 6.51. The van der Waals surface area contributed by atoms with E-state index in [-0.39, 0.29) is 17.9 Å². The van der Waals surface area contributed by atoms with Gasteiger partial charge in [0, 0.05) is 28.0 Å². The van der Waals surface area contributed by atoms with E-state index in [0.29, 0.717) is 10.0 Å². The molecule has 3 aromatic rings. The molecule has 188 valence electrons. The van der Waals surface area contributed by atoms with Gasteiger partial charge in [-0.05, 0) is 34.1 Å². The van der Waals surface area contributed by atoms with Crippen LogP contribution in [-0.2, 0) is 15.0 Å². The Morgan fingerprint density at radius 2 is 1.91 bits per heavy atom. The molecule has 1 aromatic carbocycles. The number of nitrogens with zero attached hydrogens (tertiary/aromatic N) is 4. The van der Waals surface area contributed by atoms with Crippen molar-refractivity contribution >= 4 is 28.6 Å². The van der Waals surface area contributed by atoms with Crippen molar-refractivity contribution in [3.05, 3.63) is 64.3 Å². The van der Waals surface area contributed by atoms with Crippen molar-refractivity contribution in [1.82, 2.24) is 20.0 Å². The Balaban J connectivity index is 1.95. The van der Waals surface area contributed by atoms with E-state index >= 15 is 0 Å². The van der Waals surface area contributed by atoms with Crippen molar-refractivity contribution in [2.75, 3.05) is 19.9 Å². The Morgan fingerprint density at radius 3 is 2.54 bits per heavy atom. The van der Waals surface area contributed by atoms with Crippen LogP contribution in [0, 0.1) is 17.5 Å². The molecular weight excluding hydrogens is 560 g/mol. The minimum atomic E-state index is -1.74. The van der Waals surface area contributed by atoms with Crippen LogP contribution >= 0.6 is 28.6 Å². The first-order valence-corrected chi connectivity index (χ1v) is 11.5. The number of aliphatic hydroxyl groups excluding tert-OH is 2. The number of benzene rings is 1. The summed E-state index contributed by atoms with van der Waals surface area (Å²) in [4.78, 5) is 4.13. The number of pyridine rings is 1. The number of aromatic nitrogens is 4. The van der Waals surface area contributed by atoms with Gasteiger partial charge in [-0.1, -0.05) is 5.21 Å². The first-order chi connectivity index (χ1) is 16.7. The summed E-state index contributed by atoms with van der Waals surface area (Å²) >= 11 is 7.73. The lowest BCUT2D eigenvalue weighted by Gasteiger charge is -2.51. The standard InChI is InChI=1S/C21H19BrF4N4O4S/c22-12-5-11(6-27-7-12)21(18(32)16(9-31)34-20(35)19(21)33-2-1-23)30-8-15(28-29-30)10-3-13(24)17(26)14(25)4-10/h3-8,16,18-20,31-32,35H,1-2,9H2/t16-,18+,19+,20-,21+/m0/s1. The number of thiol groups is 1. The molecule has 2 aromatic heterocycles. The van der Waals surface area contributed by atoms with Gasteiger partial charge in [0.15, 0.2) is 17.5 Å². The maximum absolute atomic E-state index is 13.9. The average molecular weight is 579 g/mol. The molecule has 0 amide bonds. The zero-order valence-corrected chi connectivity index (χ0v) is 20.2. The van der Waals surface area contributed by atoms with Crippen molar-refractivity contribution in [2.24, 2.45) is 0 Å².